The Hall–Kier alpha value is -1.93. The third-order valence-electron chi connectivity index (χ3n) is 2.95. The quantitative estimate of drug-likeness (QED) is 0.804. The van der Waals surface area contributed by atoms with Crippen molar-refractivity contribution in [2.24, 2.45) is 0 Å². The summed E-state index contributed by atoms with van der Waals surface area (Å²) in [7, 11) is -3.74. The van der Waals surface area contributed by atoms with E-state index < -0.39 is 10.0 Å². The lowest BCUT2D eigenvalue weighted by molar-refractivity contribution is 0.592. The highest BCUT2D eigenvalue weighted by Crippen LogP contribution is 2.24. The summed E-state index contributed by atoms with van der Waals surface area (Å²) in [6, 6.07) is 7.20. The van der Waals surface area contributed by atoms with Gasteiger partial charge < -0.3 is 0 Å². The first kappa shape index (κ1) is 14.0. The topological polar surface area (TPSA) is 76.4 Å². The molecule has 0 fully saturated rings. The number of benzene rings is 1. The van der Waals surface area contributed by atoms with Crippen LogP contribution in [0, 0.1) is 20.8 Å². The van der Waals surface area contributed by atoms with Crippen molar-refractivity contribution in [3.8, 4) is 0 Å². The van der Waals surface area contributed by atoms with Crippen LogP contribution in [0.1, 0.15) is 16.3 Å². The van der Waals surface area contributed by atoms with Crippen LogP contribution in [0.5, 0.6) is 0 Å². The minimum absolute atomic E-state index is 0.0864. The van der Waals surface area contributed by atoms with E-state index in [0.717, 1.165) is 10.6 Å². The van der Waals surface area contributed by atoms with Crippen LogP contribution in [-0.4, -0.2) is 23.0 Å². The molecule has 0 aliphatic carbocycles. The fourth-order valence-electron chi connectivity index (χ4n) is 2.15. The summed E-state index contributed by atoms with van der Waals surface area (Å²) in [4.78, 5) is 4.84. The SMILES string of the molecule is Cc1cccc(NS(=O)(=O)c2c(C)nc3sc(C)nn23)c1. The molecular formula is C13H14N4O2S2. The van der Waals surface area contributed by atoms with Gasteiger partial charge in [-0.15, -0.1) is 0 Å². The molecule has 1 aromatic carbocycles. The summed E-state index contributed by atoms with van der Waals surface area (Å²) in [6.45, 7) is 5.39. The maximum atomic E-state index is 12.6. The lowest BCUT2D eigenvalue weighted by Crippen LogP contribution is -2.16. The van der Waals surface area contributed by atoms with Gasteiger partial charge in [0.1, 0.15) is 5.01 Å². The number of imidazole rings is 1. The third-order valence-corrected chi connectivity index (χ3v) is 5.26. The second-order valence-corrected chi connectivity index (χ2v) is 7.55. The second kappa shape index (κ2) is 4.81. The first-order valence-electron chi connectivity index (χ1n) is 6.29. The number of hydrogen-bond donors (Lipinski definition) is 1. The Morgan fingerprint density at radius 1 is 1.24 bits per heavy atom. The molecule has 21 heavy (non-hydrogen) atoms. The van der Waals surface area contributed by atoms with Crippen molar-refractivity contribution in [3.63, 3.8) is 0 Å². The molecule has 110 valence electrons. The molecule has 1 N–H and O–H groups in total. The lowest BCUT2D eigenvalue weighted by Gasteiger charge is -2.08. The Labute approximate surface area is 126 Å². The molecule has 0 radical (unpaired) electrons. The molecule has 0 saturated heterocycles. The van der Waals surface area contributed by atoms with Gasteiger partial charge in [0.15, 0.2) is 0 Å². The summed E-state index contributed by atoms with van der Waals surface area (Å²) in [5.41, 5.74) is 1.94. The summed E-state index contributed by atoms with van der Waals surface area (Å²) >= 11 is 1.36. The molecule has 0 bridgehead atoms. The van der Waals surface area contributed by atoms with Crippen LogP contribution >= 0.6 is 11.3 Å². The molecule has 0 aliphatic heterocycles. The second-order valence-electron chi connectivity index (χ2n) is 4.79. The highest BCUT2D eigenvalue weighted by molar-refractivity contribution is 7.92. The van der Waals surface area contributed by atoms with Crippen LogP contribution in [0.15, 0.2) is 29.3 Å². The number of hydrogen-bond acceptors (Lipinski definition) is 5. The minimum atomic E-state index is -3.74. The Morgan fingerprint density at radius 2 is 2.00 bits per heavy atom. The molecule has 3 rings (SSSR count). The van der Waals surface area contributed by atoms with Gasteiger partial charge in [-0.25, -0.2) is 4.98 Å². The zero-order chi connectivity index (χ0) is 15.2. The van der Waals surface area contributed by atoms with E-state index in [0.29, 0.717) is 16.3 Å². The number of nitrogens with one attached hydrogen (secondary N) is 1. The standard InChI is InChI=1S/C13H14N4O2S2/c1-8-5-4-6-11(7-8)16-21(18,19)12-9(2)14-13-17(12)15-10(3)20-13/h4-7,16H,1-3H3. The van der Waals surface area contributed by atoms with Crippen LogP contribution in [0.4, 0.5) is 5.69 Å². The third kappa shape index (κ3) is 2.52. The van der Waals surface area contributed by atoms with E-state index in [-0.39, 0.29) is 5.03 Å². The average molecular weight is 322 g/mol. The van der Waals surface area contributed by atoms with Crippen molar-refractivity contribution in [2.75, 3.05) is 4.72 Å². The van der Waals surface area contributed by atoms with Gasteiger partial charge in [-0.05, 0) is 38.5 Å². The van der Waals surface area contributed by atoms with E-state index in [1.165, 1.54) is 15.9 Å². The van der Waals surface area contributed by atoms with E-state index in [1.54, 1.807) is 25.1 Å². The van der Waals surface area contributed by atoms with Crippen molar-refractivity contribution < 1.29 is 8.42 Å². The first-order chi connectivity index (χ1) is 9.87. The Kier molecular flexibility index (Phi) is 3.22. The van der Waals surface area contributed by atoms with E-state index in [2.05, 4.69) is 14.8 Å². The number of aromatic nitrogens is 3. The minimum Gasteiger partial charge on any atom is -0.278 e. The van der Waals surface area contributed by atoms with E-state index >= 15 is 0 Å². The lowest BCUT2D eigenvalue weighted by atomic mass is 10.2. The van der Waals surface area contributed by atoms with Gasteiger partial charge in [-0.2, -0.15) is 18.0 Å². The molecular weight excluding hydrogens is 308 g/mol. The molecule has 0 amide bonds. The molecule has 0 saturated carbocycles. The van der Waals surface area contributed by atoms with Gasteiger partial charge in [0.05, 0.1) is 5.69 Å². The Balaban J connectivity index is 2.10. The average Bonchev–Trinajstić information content (AvgIpc) is 2.82. The molecule has 2 heterocycles. The van der Waals surface area contributed by atoms with Crippen molar-refractivity contribution in [1.29, 1.82) is 0 Å². The van der Waals surface area contributed by atoms with Crippen LogP contribution in [0.3, 0.4) is 0 Å². The molecule has 0 spiro atoms. The normalized spacial score (nSPS) is 12.0. The van der Waals surface area contributed by atoms with E-state index in [1.807, 2.05) is 19.9 Å². The van der Waals surface area contributed by atoms with E-state index in [9.17, 15) is 8.42 Å². The fourth-order valence-corrected chi connectivity index (χ4v) is 4.32. The van der Waals surface area contributed by atoms with Gasteiger partial charge in [0, 0.05) is 5.69 Å². The highest BCUT2D eigenvalue weighted by atomic mass is 32.2. The summed E-state index contributed by atoms with van der Waals surface area (Å²) in [5, 5.41) is 5.07. The van der Waals surface area contributed by atoms with Crippen molar-refractivity contribution in [3.05, 3.63) is 40.5 Å². The van der Waals surface area contributed by atoms with Crippen molar-refractivity contribution in [1.82, 2.24) is 14.6 Å². The number of aryl methyl sites for hydroxylation is 3. The fraction of sp³-hybridized carbons (Fsp3) is 0.231. The molecule has 3 aromatic rings. The molecule has 0 atom stereocenters. The molecule has 0 unspecified atom stereocenters. The van der Waals surface area contributed by atoms with Gasteiger partial charge in [0.2, 0.25) is 9.99 Å². The zero-order valence-electron chi connectivity index (χ0n) is 11.8. The predicted octanol–water partition coefficient (Wildman–Crippen LogP) is 2.52. The van der Waals surface area contributed by atoms with Crippen LogP contribution in [0.2, 0.25) is 0 Å². The monoisotopic (exact) mass is 322 g/mol. The number of nitrogens with zero attached hydrogens (tertiary/aromatic N) is 3. The summed E-state index contributed by atoms with van der Waals surface area (Å²) in [5.74, 6) is 0. The number of fused-ring (bicyclic) bond motifs is 1. The molecule has 6 nitrogen and oxygen atoms in total. The van der Waals surface area contributed by atoms with Crippen LogP contribution in [-0.2, 0) is 10.0 Å². The van der Waals surface area contributed by atoms with Crippen molar-refractivity contribution in [2.45, 2.75) is 25.8 Å². The first-order valence-corrected chi connectivity index (χ1v) is 8.59. The maximum absolute atomic E-state index is 12.6. The van der Waals surface area contributed by atoms with Crippen molar-refractivity contribution >= 4 is 32.0 Å². The molecule has 8 heteroatoms. The maximum Gasteiger partial charge on any atom is 0.281 e. The summed E-state index contributed by atoms with van der Waals surface area (Å²) in [6.07, 6.45) is 0. The zero-order valence-corrected chi connectivity index (χ0v) is 13.4. The van der Waals surface area contributed by atoms with E-state index in [4.69, 9.17) is 0 Å². The van der Waals surface area contributed by atoms with Gasteiger partial charge in [-0.1, -0.05) is 23.5 Å². The Bertz CT molecular complexity index is 925. The molecule has 2 aromatic heterocycles. The van der Waals surface area contributed by atoms with Gasteiger partial charge >= 0.3 is 0 Å². The smallest absolute Gasteiger partial charge is 0.278 e. The largest absolute Gasteiger partial charge is 0.281 e. The number of anilines is 1. The number of rotatable bonds is 3. The molecule has 0 aliphatic rings. The van der Waals surface area contributed by atoms with Crippen LogP contribution < -0.4 is 4.72 Å². The predicted molar refractivity (Wildman–Crippen MR) is 82.3 cm³/mol. The highest BCUT2D eigenvalue weighted by Gasteiger charge is 2.25. The van der Waals surface area contributed by atoms with Crippen LogP contribution in [0.25, 0.3) is 4.96 Å². The summed E-state index contributed by atoms with van der Waals surface area (Å²) < 4.78 is 29.2. The van der Waals surface area contributed by atoms with Gasteiger partial charge in [0.25, 0.3) is 10.0 Å². The van der Waals surface area contributed by atoms with Gasteiger partial charge in [-0.3, -0.25) is 4.72 Å². The number of sulfonamides is 1. The Morgan fingerprint density at radius 3 is 2.71 bits per heavy atom.